The lowest BCUT2D eigenvalue weighted by Gasteiger charge is -2.37. The number of rotatable bonds is 6. The van der Waals surface area contributed by atoms with Gasteiger partial charge in [0.2, 0.25) is 5.88 Å². The second kappa shape index (κ2) is 9.02. The van der Waals surface area contributed by atoms with Gasteiger partial charge in [-0.25, -0.2) is 9.98 Å². The number of hydrogen-bond acceptors (Lipinski definition) is 3. The Kier molecular flexibility index (Phi) is 7.29. The fraction of sp³-hybridized carbons (Fsp3) is 0.700. The number of aromatic nitrogens is 1. The van der Waals surface area contributed by atoms with Crippen molar-refractivity contribution in [1.82, 2.24) is 9.88 Å². The largest absolute Gasteiger partial charge is 0.473 e. The number of hydrogen-bond donors (Lipinski definition) is 0. The van der Waals surface area contributed by atoms with Gasteiger partial charge in [-0.05, 0) is 66.4 Å². The van der Waals surface area contributed by atoms with Crippen molar-refractivity contribution in [3.8, 4) is 5.88 Å². The number of nitrogens with zero attached hydrogens (tertiary/aromatic N) is 3. The van der Waals surface area contributed by atoms with Gasteiger partial charge in [-0.2, -0.15) is 0 Å². The van der Waals surface area contributed by atoms with Crippen molar-refractivity contribution in [2.75, 3.05) is 13.6 Å². The van der Waals surface area contributed by atoms with Crippen LogP contribution in [0.2, 0.25) is 0 Å². The van der Waals surface area contributed by atoms with Gasteiger partial charge in [-0.15, -0.1) is 0 Å². The van der Waals surface area contributed by atoms with E-state index in [4.69, 9.17) is 4.74 Å². The van der Waals surface area contributed by atoms with Crippen molar-refractivity contribution in [2.45, 2.75) is 60.0 Å². The highest BCUT2D eigenvalue weighted by molar-refractivity contribution is 9.10. The van der Waals surface area contributed by atoms with Crippen molar-refractivity contribution in [1.29, 1.82) is 0 Å². The quantitative estimate of drug-likeness (QED) is 0.452. The minimum Gasteiger partial charge on any atom is -0.473 e. The maximum atomic E-state index is 6.39. The van der Waals surface area contributed by atoms with Gasteiger partial charge in [-0.1, -0.05) is 27.2 Å². The molecule has 1 saturated carbocycles. The molecule has 25 heavy (non-hydrogen) atoms. The molecule has 1 aromatic rings. The highest BCUT2D eigenvalue weighted by Gasteiger charge is 2.33. The van der Waals surface area contributed by atoms with Crippen molar-refractivity contribution in [3.05, 3.63) is 16.2 Å². The zero-order chi connectivity index (χ0) is 18.6. The van der Waals surface area contributed by atoms with Gasteiger partial charge >= 0.3 is 0 Å². The molecule has 1 heterocycles. The van der Waals surface area contributed by atoms with Crippen molar-refractivity contribution < 1.29 is 4.74 Å². The Morgan fingerprint density at radius 3 is 2.80 bits per heavy atom. The van der Waals surface area contributed by atoms with Crippen molar-refractivity contribution >= 4 is 28.0 Å². The molecule has 140 valence electrons. The molecule has 0 amide bonds. The van der Waals surface area contributed by atoms with Crippen LogP contribution in [0.3, 0.4) is 0 Å². The summed E-state index contributed by atoms with van der Waals surface area (Å²) in [5, 5.41) is 0. The number of aryl methyl sites for hydroxylation is 1. The summed E-state index contributed by atoms with van der Waals surface area (Å²) in [5.74, 6) is 2.64. The highest BCUT2D eigenvalue weighted by atomic mass is 79.9. The van der Waals surface area contributed by atoms with E-state index in [9.17, 15) is 0 Å². The second-order valence-corrected chi connectivity index (χ2v) is 8.53. The second-order valence-electron chi connectivity index (χ2n) is 7.68. The molecule has 1 aliphatic carbocycles. The van der Waals surface area contributed by atoms with E-state index in [1.165, 1.54) is 12.8 Å². The standard InChI is InChI=1S/C20H32BrN3O/c1-7-24(6)12-22-18-11-17(21)20(23-15(18)5)25-19-10-14(4)8-9-16(19)13(2)3/h11-14,16,19H,7-10H2,1-6H3. The SMILES string of the molecule is CCN(C)C=Nc1cc(Br)c(OC2CC(C)CCC2C(C)C)nc1C. The topological polar surface area (TPSA) is 37.7 Å². The zero-order valence-corrected chi connectivity index (χ0v) is 18.0. The average Bonchev–Trinajstić information content (AvgIpc) is 2.56. The maximum Gasteiger partial charge on any atom is 0.228 e. The summed E-state index contributed by atoms with van der Waals surface area (Å²) in [7, 11) is 2.01. The van der Waals surface area contributed by atoms with Crippen LogP contribution < -0.4 is 4.74 Å². The van der Waals surface area contributed by atoms with Crippen LogP contribution in [0.1, 0.15) is 52.7 Å². The molecule has 0 spiro atoms. The molecule has 4 nitrogen and oxygen atoms in total. The van der Waals surface area contributed by atoms with Gasteiger partial charge in [0.15, 0.2) is 0 Å². The fourth-order valence-electron chi connectivity index (χ4n) is 3.40. The summed E-state index contributed by atoms with van der Waals surface area (Å²) in [6.07, 6.45) is 5.74. The zero-order valence-electron chi connectivity index (χ0n) is 16.4. The minimum atomic E-state index is 0.243. The minimum absolute atomic E-state index is 0.243. The molecule has 5 heteroatoms. The van der Waals surface area contributed by atoms with Gasteiger partial charge in [0.25, 0.3) is 0 Å². The van der Waals surface area contributed by atoms with Gasteiger partial charge in [-0.3, -0.25) is 0 Å². The number of aliphatic imine (C=N–C) groups is 1. The van der Waals surface area contributed by atoms with Crippen LogP contribution in [0, 0.1) is 24.7 Å². The van der Waals surface area contributed by atoms with Crippen LogP contribution in [0.5, 0.6) is 5.88 Å². The summed E-state index contributed by atoms with van der Waals surface area (Å²) >= 11 is 3.63. The first-order valence-corrected chi connectivity index (χ1v) is 10.2. The molecule has 3 atom stereocenters. The van der Waals surface area contributed by atoms with Crippen LogP contribution in [-0.4, -0.2) is 35.9 Å². The van der Waals surface area contributed by atoms with Crippen LogP contribution in [0.4, 0.5) is 5.69 Å². The van der Waals surface area contributed by atoms with E-state index in [1.54, 1.807) is 0 Å². The Morgan fingerprint density at radius 1 is 1.44 bits per heavy atom. The first kappa shape index (κ1) is 20.2. The van der Waals surface area contributed by atoms with E-state index in [0.29, 0.717) is 23.6 Å². The molecule has 0 aliphatic heterocycles. The molecule has 1 aromatic heterocycles. The summed E-state index contributed by atoms with van der Waals surface area (Å²) < 4.78 is 7.27. The van der Waals surface area contributed by atoms with E-state index in [-0.39, 0.29) is 6.10 Å². The summed E-state index contributed by atoms with van der Waals surface area (Å²) in [5.41, 5.74) is 1.76. The summed E-state index contributed by atoms with van der Waals surface area (Å²) in [6.45, 7) is 11.9. The number of halogens is 1. The van der Waals surface area contributed by atoms with E-state index >= 15 is 0 Å². The smallest absolute Gasteiger partial charge is 0.228 e. The molecule has 0 bridgehead atoms. The lowest BCUT2D eigenvalue weighted by atomic mass is 9.75. The Bertz CT molecular complexity index is 603. The van der Waals surface area contributed by atoms with E-state index in [0.717, 1.165) is 28.8 Å². The van der Waals surface area contributed by atoms with Gasteiger partial charge in [0, 0.05) is 13.6 Å². The molecule has 1 aliphatic rings. The number of pyridine rings is 1. The van der Waals surface area contributed by atoms with Crippen molar-refractivity contribution in [3.63, 3.8) is 0 Å². The maximum absolute atomic E-state index is 6.39. The predicted molar refractivity (Wildman–Crippen MR) is 109 cm³/mol. The molecular weight excluding hydrogens is 378 g/mol. The Hall–Kier alpha value is -1.10. The van der Waals surface area contributed by atoms with Crippen LogP contribution in [-0.2, 0) is 0 Å². The van der Waals surface area contributed by atoms with Crippen LogP contribution in [0.15, 0.2) is 15.5 Å². The Labute approximate surface area is 161 Å². The summed E-state index contributed by atoms with van der Waals surface area (Å²) in [6, 6.07) is 2.01. The van der Waals surface area contributed by atoms with Crippen LogP contribution in [0.25, 0.3) is 0 Å². The fourth-order valence-corrected chi connectivity index (χ4v) is 3.80. The monoisotopic (exact) mass is 409 g/mol. The highest BCUT2D eigenvalue weighted by Crippen LogP contribution is 2.38. The molecular formula is C20H32BrN3O. The third kappa shape index (κ3) is 5.44. The third-order valence-corrected chi connectivity index (χ3v) is 5.79. The third-order valence-electron chi connectivity index (χ3n) is 5.22. The summed E-state index contributed by atoms with van der Waals surface area (Å²) in [4.78, 5) is 11.3. The molecule has 0 saturated heterocycles. The van der Waals surface area contributed by atoms with E-state index < -0.39 is 0 Å². The molecule has 0 N–H and O–H groups in total. The molecule has 2 rings (SSSR count). The molecule has 0 radical (unpaired) electrons. The van der Waals surface area contributed by atoms with Gasteiger partial charge in [0.1, 0.15) is 6.10 Å². The van der Waals surface area contributed by atoms with Crippen LogP contribution >= 0.6 is 15.9 Å². The normalized spacial score (nSPS) is 24.1. The number of ether oxygens (including phenoxy) is 1. The van der Waals surface area contributed by atoms with Crippen molar-refractivity contribution in [2.24, 2.45) is 22.7 Å². The Balaban J connectivity index is 2.19. The molecule has 3 unspecified atom stereocenters. The molecule has 1 fully saturated rings. The molecule has 0 aromatic carbocycles. The first-order chi connectivity index (χ1) is 11.8. The lowest BCUT2D eigenvalue weighted by molar-refractivity contribution is 0.0419. The Morgan fingerprint density at radius 2 is 2.16 bits per heavy atom. The van der Waals surface area contributed by atoms with Gasteiger partial charge in [0.05, 0.1) is 22.2 Å². The van der Waals surface area contributed by atoms with E-state index in [2.05, 4.69) is 53.6 Å². The van der Waals surface area contributed by atoms with Gasteiger partial charge < -0.3 is 9.64 Å². The predicted octanol–water partition coefficient (Wildman–Crippen LogP) is 5.60. The van der Waals surface area contributed by atoms with E-state index in [1.807, 2.05) is 31.3 Å². The lowest BCUT2D eigenvalue weighted by Crippen LogP contribution is -2.36. The average molecular weight is 410 g/mol. The first-order valence-electron chi connectivity index (χ1n) is 9.40.